The fraction of sp³-hybridized carbons (Fsp3) is 0.0769. The molecule has 0 aliphatic carbocycles. The highest BCUT2D eigenvalue weighted by Gasteiger charge is 2.15. The van der Waals surface area contributed by atoms with E-state index in [1.165, 1.54) is 24.3 Å². The number of non-ortho nitro benzene ring substituents is 1. The Morgan fingerprint density at radius 3 is 2.75 bits per heavy atom. The summed E-state index contributed by atoms with van der Waals surface area (Å²) in [7, 11) is 0. The summed E-state index contributed by atoms with van der Waals surface area (Å²) < 4.78 is 19.0. The van der Waals surface area contributed by atoms with Gasteiger partial charge in [-0.05, 0) is 12.1 Å². The number of nitro groups is 1. The third-order valence-electron chi connectivity index (χ3n) is 2.56. The quantitative estimate of drug-likeness (QED) is 0.690. The van der Waals surface area contributed by atoms with Gasteiger partial charge in [0.15, 0.2) is 17.3 Å². The maximum atomic E-state index is 13.7. The Morgan fingerprint density at radius 1 is 1.35 bits per heavy atom. The molecule has 2 rings (SSSR count). The number of nitro benzene ring substituents is 1. The molecule has 2 aromatic carbocycles. The molecule has 20 heavy (non-hydrogen) atoms. The van der Waals surface area contributed by atoms with Gasteiger partial charge in [-0.25, -0.2) is 4.39 Å². The molecule has 0 spiro atoms. The number of hydrogen-bond acceptors (Lipinski definition) is 4. The predicted molar refractivity (Wildman–Crippen MR) is 70.5 cm³/mol. The van der Waals surface area contributed by atoms with Gasteiger partial charge in [0.1, 0.15) is 0 Å². The van der Waals surface area contributed by atoms with Crippen LogP contribution in [0, 0.1) is 15.9 Å². The number of halogens is 2. The van der Waals surface area contributed by atoms with Gasteiger partial charge in [-0.3, -0.25) is 10.1 Å². The van der Waals surface area contributed by atoms with E-state index in [0.717, 1.165) is 12.1 Å². The minimum Gasteiger partial charge on any atom is -0.452 e. The molecule has 0 unspecified atom stereocenters. The van der Waals surface area contributed by atoms with Crippen LogP contribution >= 0.6 is 11.6 Å². The van der Waals surface area contributed by atoms with Crippen LogP contribution in [-0.2, 0) is 6.61 Å². The first-order valence-corrected chi connectivity index (χ1v) is 5.90. The van der Waals surface area contributed by atoms with E-state index in [1.54, 1.807) is 0 Å². The Bertz CT molecular complexity index is 663. The van der Waals surface area contributed by atoms with Gasteiger partial charge >= 0.3 is 0 Å². The van der Waals surface area contributed by atoms with E-state index in [2.05, 4.69) is 0 Å². The molecule has 0 aromatic heterocycles. The van der Waals surface area contributed by atoms with Crippen LogP contribution in [0.5, 0.6) is 11.5 Å². The number of benzene rings is 2. The van der Waals surface area contributed by atoms with E-state index in [0.29, 0.717) is 0 Å². The second-order valence-corrected chi connectivity index (χ2v) is 4.27. The van der Waals surface area contributed by atoms with Crippen LogP contribution in [0.1, 0.15) is 5.56 Å². The molecule has 0 saturated heterocycles. The molecule has 7 heteroatoms. The summed E-state index contributed by atoms with van der Waals surface area (Å²) in [6.07, 6.45) is 0. The van der Waals surface area contributed by atoms with Gasteiger partial charge in [0.2, 0.25) is 0 Å². The molecule has 0 radical (unpaired) electrons. The van der Waals surface area contributed by atoms with Gasteiger partial charge < -0.3 is 9.84 Å². The van der Waals surface area contributed by atoms with Crippen molar-refractivity contribution in [2.75, 3.05) is 0 Å². The molecule has 0 saturated carbocycles. The molecule has 0 bridgehead atoms. The third kappa shape index (κ3) is 2.87. The molecular formula is C13H9ClFNO4. The summed E-state index contributed by atoms with van der Waals surface area (Å²) in [5, 5.41) is 19.9. The fourth-order valence-electron chi connectivity index (χ4n) is 1.59. The number of aliphatic hydroxyl groups is 1. The highest BCUT2D eigenvalue weighted by atomic mass is 35.5. The monoisotopic (exact) mass is 297 g/mol. The van der Waals surface area contributed by atoms with Crippen LogP contribution in [0.3, 0.4) is 0 Å². The Labute approximate surface area is 118 Å². The lowest BCUT2D eigenvalue weighted by atomic mass is 10.2. The Balaban J connectivity index is 2.44. The van der Waals surface area contributed by atoms with Crippen molar-refractivity contribution in [3.05, 3.63) is 62.9 Å². The Kier molecular flexibility index (Phi) is 4.16. The van der Waals surface area contributed by atoms with E-state index in [4.69, 9.17) is 21.4 Å². The molecule has 0 atom stereocenters. The highest BCUT2D eigenvalue weighted by Crippen LogP contribution is 2.35. The van der Waals surface area contributed by atoms with Crippen LogP contribution in [0.15, 0.2) is 36.4 Å². The zero-order valence-corrected chi connectivity index (χ0v) is 10.8. The smallest absolute Gasteiger partial charge is 0.273 e. The van der Waals surface area contributed by atoms with Crippen molar-refractivity contribution in [3.8, 4) is 11.5 Å². The van der Waals surface area contributed by atoms with E-state index < -0.39 is 17.3 Å². The van der Waals surface area contributed by atoms with Crippen LogP contribution in [0.25, 0.3) is 0 Å². The SMILES string of the molecule is O=[N+]([O-])c1ccc(Cl)c(Oc2c(F)cccc2CO)c1. The molecular weight excluding hydrogens is 289 g/mol. The maximum Gasteiger partial charge on any atom is 0.273 e. The summed E-state index contributed by atoms with van der Waals surface area (Å²) in [5.74, 6) is -0.961. The lowest BCUT2D eigenvalue weighted by molar-refractivity contribution is -0.384. The molecule has 0 aliphatic heterocycles. The number of para-hydroxylation sites is 1. The first-order chi connectivity index (χ1) is 9.52. The Morgan fingerprint density at radius 2 is 2.10 bits per heavy atom. The number of nitrogens with zero attached hydrogens (tertiary/aromatic N) is 1. The second kappa shape index (κ2) is 5.85. The molecule has 0 amide bonds. The van der Waals surface area contributed by atoms with Crippen LogP contribution in [0.2, 0.25) is 5.02 Å². The van der Waals surface area contributed by atoms with Crippen molar-refractivity contribution in [2.45, 2.75) is 6.61 Å². The minimum atomic E-state index is -0.695. The fourth-order valence-corrected chi connectivity index (χ4v) is 1.74. The minimum absolute atomic E-state index is 0.0549. The number of aliphatic hydroxyl groups excluding tert-OH is 1. The number of hydrogen-bond donors (Lipinski definition) is 1. The van der Waals surface area contributed by atoms with Crippen LogP contribution in [-0.4, -0.2) is 10.0 Å². The summed E-state index contributed by atoms with van der Waals surface area (Å²) in [5.41, 5.74) is -0.0149. The van der Waals surface area contributed by atoms with Crippen molar-refractivity contribution in [1.29, 1.82) is 0 Å². The first kappa shape index (κ1) is 14.2. The maximum absolute atomic E-state index is 13.7. The molecule has 104 valence electrons. The molecule has 0 aliphatic rings. The van der Waals surface area contributed by atoms with E-state index >= 15 is 0 Å². The van der Waals surface area contributed by atoms with Gasteiger partial charge in [-0.2, -0.15) is 0 Å². The summed E-state index contributed by atoms with van der Waals surface area (Å²) >= 11 is 5.87. The van der Waals surface area contributed by atoms with Crippen molar-refractivity contribution in [2.24, 2.45) is 0 Å². The predicted octanol–water partition coefficient (Wildman–Crippen LogP) is 3.67. The highest BCUT2D eigenvalue weighted by molar-refractivity contribution is 6.32. The summed E-state index contributed by atoms with van der Waals surface area (Å²) in [4.78, 5) is 10.1. The van der Waals surface area contributed by atoms with Gasteiger partial charge in [-0.15, -0.1) is 0 Å². The number of ether oxygens (including phenoxy) is 1. The standard InChI is InChI=1S/C13H9ClFNO4/c14-10-5-4-9(16(18)19)6-12(10)20-13-8(7-17)2-1-3-11(13)15/h1-6,17H,7H2. The zero-order valence-electron chi connectivity index (χ0n) is 10.0. The molecule has 0 heterocycles. The summed E-state index contributed by atoms with van der Waals surface area (Å²) in [6.45, 7) is -0.431. The molecule has 5 nitrogen and oxygen atoms in total. The van der Waals surface area contributed by atoms with Gasteiger partial charge in [0, 0.05) is 11.6 Å². The second-order valence-electron chi connectivity index (χ2n) is 3.86. The van der Waals surface area contributed by atoms with E-state index in [-0.39, 0.29) is 27.8 Å². The Hall–Kier alpha value is -2.18. The van der Waals surface area contributed by atoms with Crippen LogP contribution < -0.4 is 4.74 Å². The van der Waals surface area contributed by atoms with Gasteiger partial charge in [0.05, 0.1) is 22.6 Å². The molecule has 2 aromatic rings. The van der Waals surface area contributed by atoms with Crippen molar-refractivity contribution in [3.63, 3.8) is 0 Å². The van der Waals surface area contributed by atoms with E-state index in [9.17, 15) is 14.5 Å². The lowest BCUT2D eigenvalue weighted by Crippen LogP contribution is -1.96. The molecule has 1 N–H and O–H groups in total. The lowest BCUT2D eigenvalue weighted by Gasteiger charge is -2.11. The van der Waals surface area contributed by atoms with Crippen molar-refractivity contribution in [1.82, 2.24) is 0 Å². The average Bonchev–Trinajstić information content (AvgIpc) is 2.42. The van der Waals surface area contributed by atoms with Crippen molar-refractivity contribution >= 4 is 17.3 Å². The van der Waals surface area contributed by atoms with Gasteiger partial charge in [-0.1, -0.05) is 23.7 Å². The zero-order chi connectivity index (χ0) is 14.7. The average molecular weight is 298 g/mol. The topological polar surface area (TPSA) is 72.6 Å². The number of rotatable bonds is 4. The van der Waals surface area contributed by atoms with Crippen molar-refractivity contribution < 1.29 is 19.2 Å². The third-order valence-corrected chi connectivity index (χ3v) is 2.87. The molecule has 0 fully saturated rings. The summed E-state index contributed by atoms with van der Waals surface area (Å²) in [6, 6.07) is 7.64. The van der Waals surface area contributed by atoms with E-state index in [1.807, 2.05) is 0 Å². The van der Waals surface area contributed by atoms with Gasteiger partial charge in [0.25, 0.3) is 5.69 Å². The largest absolute Gasteiger partial charge is 0.452 e. The first-order valence-electron chi connectivity index (χ1n) is 5.53. The normalized spacial score (nSPS) is 10.3. The van der Waals surface area contributed by atoms with Crippen LogP contribution in [0.4, 0.5) is 10.1 Å².